The second-order valence-electron chi connectivity index (χ2n) is 16.7. The lowest BCUT2D eigenvalue weighted by molar-refractivity contribution is -0.138. The Bertz CT molecular complexity index is 1590. The van der Waals surface area contributed by atoms with Crippen LogP contribution in [0.2, 0.25) is 0 Å². The highest BCUT2D eigenvalue weighted by Gasteiger charge is 2.33. The van der Waals surface area contributed by atoms with Crippen LogP contribution in [0.15, 0.2) is 9.98 Å². The molecular weight excluding hydrogens is 869 g/mol. The molecule has 23 nitrogen and oxygen atoms in total. The van der Waals surface area contributed by atoms with Crippen LogP contribution in [0.4, 0.5) is 0 Å². The van der Waals surface area contributed by atoms with Crippen molar-refractivity contribution in [3.8, 4) is 0 Å². The van der Waals surface area contributed by atoms with Gasteiger partial charge in [-0.1, -0.05) is 98.8 Å². The summed E-state index contributed by atoms with van der Waals surface area (Å²) in [5.74, 6) is -5.99. The van der Waals surface area contributed by atoms with Gasteiger partial charge in [0, 0.05) is 13.1 Å². The average molecular weight is 953 g/mol. The Morgan fingerprint density at radius 1 is 0.403 bits per heavy atom. The molecule has 384 valence electrons. The number of carboxylic acid groups (broad SMARTS) is 1. The Balaban J connectivity index is 6.53. The summed E-state index contributed by atoms with van der Waals surface area (Å²) in [6.45, 7) is 9.33. The Labute approximate surface area is 396 Å². The number of amides is 7. The molecule has 0 rings (SSSR count). The normalized spacial score (nSPS) is 14.0. The van der Waals surface area contributed by atoms with Gasteiger partial charge in [0.25, 0.3) is 0 Å². The van der Waals surface area contributed by atoms with Gasteiger partial charge in [-0.25, -0.2) is 0 Å². The molecule has 0 radical (unpaired) electrons. The molecule has 23 heteroatoms. The zero-order valence-corrected chi connectivity index (χ0v) is 40.6. The van der Waals surface area contributed by atoms with E-state index in [9.17, 15) is 38.4 Å². The molecule has 7 amide bonds. The second-order valence-corrected chi connectivity index (χ2v) is 16.7. The van der Waals surface area contributed by atoms with Crippen molar-refractivity contribution in [2.24, 2.45) is 38.7 Å². The van der Waals surface area contributed by atoms with Gasteiger partial charge in [0.05, 0.1) is 6.04 Å². The van der Waals surface area contributed by atoms with E-state index in [2.05, 4.69) is 47.2 Å². The molecule has 0 aliphatic rings. The van der Waals surface area contributed by atoms with E-state index in [4.69, 9.17) is 33.8 Å². The molecule has 7 atom stereocenters. The molecule has 0 spiro atoms. The standard InChI is InChI=1S/C44H84N14O9/c1-6-11-19-29(37(62)52-27-35(59)60)54-39(64)31(21-13-8-3)56-40(65)32(22-14-9-4)57-42(67)34(24-17-26-51-44(48)49)58-41(66)33(23-15-10-5)55-38(63)30(20-12-7-2)53-36(61)28(45)18-16-25-50-43(46)47/h28-34H,6-27,45H2,1-5H3,(H,52,62)(H,53,61)(H,54,64)(H,55,63)(H,56,65)(H,57,67)(H,58,66)(H,59,60)(H4,46,47,50)(H4,48,49,51)/t28-,29-,30-,31-,32-,33-,34-/m0/s1. The first-order chi connectivity index (χ1) is 31.8. The monoisotopic (exact) mass is 953 g/mol. The van der Waals surface area contributed by atoms with Crippen molar-refractivity contribution >= 4 is 59.2 Å². The second kappa shape index (κ2) is 36.4. The summed E-state index contributed by atoms with van der Waals surface area (Å²) in [4.78, 5) is 115. The van der Waals surface area contributed by atoms with E-state index in [1.807, 2.05) is 34.6 Å². The number of aliphatic carboxylic acids is 1. The summed E-state index contributed by atoms with van der Waals surface area (Å²) < 4.78 is 0. The van der Waals surface area contributed by atoms with Gasteiger partial charge in [0.2, 0.25) is 41.4 Å². The van der Waals surface area contributed by atoms with Crippen molar-refractivity contribution in [2.75, 3.05) is 19.6 Å². The molecular formula is C44H84N14O9. The number of hydrogen-bond acceptors (Lipinski definition) is 11. The van der Waals surface area contributed by atoms with Gasteiger partial charge in [0.15, 0.2) is 11.9 Å². The van der Waals surface area contributed by atoms with Gasteiger partial charge in [-0.15, -0.1) is 0 Å². The van der Waals surface area contributed by atoms with E-state index in [0.717, 1.165) is 6.42 Å². The topological polar surface area (TPSA) is 396 Å². The molecule has 0 bridgehead atoms. The third-order valence-corrected chi connectivity index (χ3v) is 10.7. The zero-order valence-electron chi connectivity index (χ0n) is 40.6. The van der Waals surface area contributed by atoms with E-state index in [0.29, 0.717) is 64.2 Å². The predicted octanol–water partition coefficient (Wildman–Crippen LogP) is -0.519. The molecule has 18 N–H and O–H groups in total. The van der Waals surface area contributed by atoms with Gasteiger partial charge >= 0.3 is 5.97 Å². The Kier molecular flexibility index (Phi) is 33.3. The van der Waals surface area contributed by atoms with E-state index in [1.165, 1.54) is 0 Å². The van der Waals surface area contributed by atoms with Crippen LogP contribution in [-0.2, 0) is 38.4 Å². The number of guanidine groups is 2. The van der Waals surface area contributed by atoms with Gasteiger partial charge in [-0.2, -0.15) is 0 Å². The lowest BCUT2D eigenvalue weighted by Crippen LogP contribution is -2.60. The lowest BCUT2D eigenvalue weighted by Gasteiger charge is -2.28. The Morgan fingerprint density at radius 3 is 0.925 bits per heavy atom. The number of hydrogen-bond donors (Lipinski definition) is 13. The van der Waals surface area contributed by atoms with Crippen LogP contribution in [0.25, 0.3) is 0 Å². The fraction of sp³-hybridized carbons (Fsp3) is 0.773. The first kappa shape index (κ1) is 61.3. The first-order valence-electron chi connectivity index (χ1n) is 24.0. The quantitative estimate of drug-likeness (QED) is 0.0211. The predicted molar refractivity (Wildman–Crippen MR) is 258 cm³/mol. The number of nitrogens with two attached hydrogens (primary N) is 5. The van der Waals surface area contributed by atoms with Gasteiger partial charge < -0.3 is 71.0 Å². The maximum absolute atomic E-state index is 14.2. The van der Waals surface area contributed by atoms with Crippen molar-refractivity contribution in [2.45, 2.75) is 199 Å². The summed E-state index contributed by atoms with van der Waals surface area (Å²) in [7, 11) is 0. The molecule has 0 saturated carbocycles. The average Bonchev–Trinajstić information content (AvgIpc) is 3.28. The largest absolute Gasteiger partial charge is 0.480 e. The van der Waals surface area contributed by atoms with Crippen LogP contribution in [0.3, 0.4) is 0 Å². The zero-order chi connectivity index (χ0) is 50.7. The minimum Gasteiger partial charge on any atom is -0.480 e. The van der Waals surface area contributed by atoms with Crippen LogP contribution >= 0.6 is 0 Å². The summed E-state index contributed by atoms with van der Waals surface area (Å²) >= 11 is 0. The van der Waals surface area contributed by atoms with E-state index >= 15 is 0 Å². The summed E-state index contributed by atoms with van der Waals surface area (Å²) in [6.07, 6.45) is 8.25. The van der Waals surface area contributed by atoms with Gasteiger partial charge in [-0.3, -0.25) is 48.3 Å². The third kappa shape index (κ3) is 28.1. The maximum Gasteiger partial charge on any atom is 0.322 e. The number of rotatable bonds is 38. The highest BCUT2D eigenvalue weighted by molar-refractivity contribution is 5.97. The molecule has 0 aliphatic heterocycles. The highest BCUT2D eigenvalue weighted by atomic mass is 16.4. The van der Waals surface area contributed by atoms with E-state index < -0.39 is 96.2 Å². The summed E-state index contributed by atoms with van der Waals surface area (Å²) in [6, 6.07) is -7.58. The van der Waals surface area contributed by atoms with Gasteiger partial charge in [-0.05, 0) is 57.8 Å². The van der Waals surface area contributed by atoms with E-state index in [1.54, 1.807) is 0 Å². The minimum absolute atomic E-state index is 0.0335. The molecule has 0 unspecified atom stereocenters. The molecule has 0 heterocycles. The molecule has 67 heavy (non-hydrogen) atoms. The van der Waals surface area contributed by atoms with Crippen LogP contribution in [0.5, 0.6) is 0 Å². The Hall–Kier alpha value is -5.74. The summed E-state index contributed by atoms with van der Waals surface area (Å²) in [5, 5.41) is 27.9. The number of carbonyl (C=O) groups excluding carboxylic acids is 7. The fourth-order valence-corrected chi connectivity index (χ4v) is 6.73. The number of nitrogens with one attached hydrogen (secondary N) is 7. The molecule has 0 aliphatic carbocycles. The van der Waals surface area contributed by atoms with Crippen molar-refractivity contribution in [3.05, 3.63) is 0 Å². The fourth-order valence-electron chi connectivity index (χ4n) is 6.73. The SMILES string of the molecule is CCCC[C@H](NC(=O)[C@H](CCCC)NC(=O)[C@H](CCCC)NC(=O)[C@H](CCCN=C(N)N)NC(=O)[C@H](CCCC)NC(=O)[C@H](CCCC)NC(=O)[C@@H](N)CCCN=C(N)N)C(=O)NCC(=O)O. The number of nitrogens with zero attached hydrogens (tertiary/aromatic N) is 2. The van der Waals surface area contributed by atoms with Crippen molar-refractivity contribution in [3.63, 3.8) is 0 Å². The molecule has 0 aromatic heterocycles. The van der Waals surface area contributed by atoms with Crippen LogP contribution in [-0.4, -0.2) is 126 Å². The minimum atomic E-state index is -1.25. The van der Waals surface area contributed by atoms with Crippen LogP contribution < -0.4 is 65.9 Å². The summed E-state index contributed by atoms with van der Waals surface area (Å²) in [5.41, 5.74) is 27.9. The van der Waals surface area contributed by atoms with E-state index in [-0.39, 0.29) is 76.4 Å². The third-order valence-electron chi connectivity index (χ3n) is 10.7. The highest BCUT2D eigenvalue weighted by Crippen LogP contribution is 2.11. The number of unbranched alkanes of at least 4 members (excludes halogenated alkanes) is 5. The maximum atomic E-state index is 14.2. The molecule has 0 fully saturated rings. The molecule has 0 aromatic carbocycles. The molecule has 0 aromatic rings. The number of carboxylic acids is 1. The molecule has 0 saturated heterocycles. The smallest absolute Gasteiger partial charge is 0.322 e. The van der Waals surface area contributed by atoms with Crippen molar-refractivity contribution in [1.29, 1.82) is 0 Å². The van der Waals surface area contributed by atoms with Crippen molar-refractivity contribution < 1.29 is 43.5 Å². The first-order valence-corrected chi connectivity index (χ1v) is 24.0. The van der Waals surface area contributed by atoms with Crippen LogP contribution in [0.1, 0.15) is 157 Å². The van der Waals surface area contributed by atoms with Crippen LogP contribution in [0, 0.1) is 0 Å². The number of carbonyl (C=O) groups is 8. The van der Waals surface area contributed by atoms with Gasteiger partial charge in [0.1, 0.15) is 42.8 Å². The lowest BCUT2D eigenvalue weighted by atomic mass is 10.0. The Morgan fingerprint density at radius 2 is 0.657 bits per heavy atom. The number of aliphatic imine (C=N–C) groups is 2. The van der Waals surface area contributed by atoms with Crippen molar-refractivity contribution in [1.82, 2.24) is 37.2 Å².